The van der Waals surface area contributed by atoms with E-state index in [-0.39, 0.29) is 0 Å². The number of nitriles is 1. The number of hydrogen-bond acceptors (Lipinski definition) is 3. The number of aromatic nitrogens is 2. The van der Waals surface area contributed by atoms with Crippen molar-refractivity contribution in [2.45, 2.75) is 25.7 Å². The van der Waals surface area contributed by atoms with Gasteiger partial charge in [-0.25, -0.2) is 9.66 Å². The summed E-state index contributed by atoms with van der Waals surface area (Å²) in [6.07, 6.45) is 4.42. The Labute approximate surface area is 123 Å². The molecule has 0 aliphatic carbocycles. The summed E-state index contributed by atoms with van der Waals surface area (Å²) in [5.41, 5.74) is 2.45. The number of hydrogen-bond donors (Lipinski definition) is 0. The second-order valence-electron chi connectivity index (χ2n) is 5.08. The van der Waals surface area contributed by atoms with Crippen LogP contribution in [0.5, 0.6) is 0 Å². The van der Waals surface area contributed by atoms with E-state index >= 15 is 0 Å². The lowest BCUT2D eigenvalue weighted by Gasteiger charge is -2.31. The zero-order chi connectivity index (χ0) is 13.9. The van der Waals surface area contributed by atoms with E-state index in [1.54, 1.807) is 0 Å². The van der Waals surface area contributed by atoms with Crippen molar-refractivity contribution in [1.82, 2.24) is 9.66 Å². The number of rotatable bonds is 3. The number of halogens is 1. The van der Waals surface area contributed by atoms with Gasteiger partial charge >= 0.3 is 0 Å². The van der Waals surface area contributed by atoms with Crippen molar-refractivity contribution in [3.05, 3.63) is 29.6 Å². The molecule has 0 amide bonds. The summed E-state index contributed by atoms with van der Waals surface area (Å²) in [7, 11) is 0. The van der Waals surface area contributed by atoms with Crippen LogP contribution in [-0.4, -0.2) is 28.6 Å². The van der Waals surface area contributed by atoms with Crippen molar-refractivity contribution >= 4 is 22.6 Å². The van der Waals surface area contributed by atoms with Gasteiger partial charge in [0.2, 0.25) is 0 Å². The van der Waals surface area contributed by atoms with Crippen molar-refractivity contribution in [2.75, 3.05) is 24.0 Å². The lowest BCUT2D eigenvalue weighted by atomic mass is 10.1. The highest BCUT2D eigenvalue weighted by Gasteiger charge is 2.19. The number of para-hydroxylation sites is 1. The van der Waals surface area contributed by atoms with Crippen LogP contribution in [0.25, 0.3) is 11.0 Å². The molecule has 0 atom stereocenters. The quantitative estimate of drug-likeness (QED) is 0.816. The van der Waals surface area contributed by atoms with E-state index in [2.05, 4.69) is 20.7 Å². The van der Waals surface area contributed by atoms with Gasteiger partial charge < -0.3 is 5.01 Å². The van der Waals surface area contributed by atoms with E-state index in [0.29, 0.717) is 11.4 Å². The minimum absolute atomic E-state index is 0.541. The van der Waals surface area contributed by atoms with Crippen molar-refractivity contribution in [3.63, 3.8) is 0 Å². The fraction of sp³-hybridized carbons (Fsp3) is 0.467. The lowest BCUT2D eigenvalue weighted by molar-refractivity contribution is 0.476. The van der Waals surface area contributed by atoms with Crippen molar-refractivity contribution in [1.29, 1.82) is 5.26 Å². The third-order valence-corrected chi connectivity index (χ3v) is 3.97. The Morgan fingerprint density at radius 2 is 2.05 bits per heavy atom. The molecular formula is C15H17ClN4. The molecule has 5 heteroatoms. The molecule has 1 aromatic carbocycles. The lowest BCUT2D eigenvalue weighted by Crippen LogP contribution is -2.40. The molecule has 1 saturated heterocycles. The minimum Gasteiger partial charge on any atom is -0.311 e. The van der Waals surface area contributed by atoms with Gasteiger partial charge in [-0.2, -0.15) is 5.26 Å². The third kappa shape index (κ3) is 2.23. The van der Waals surface area contributed by atoms with E-state index < -0.39 is 0 Å². The number of benzene rings is 1. The zero-order valence-corrected chi connectivity index (χ0v) is 12.1. The molecule has 1 fully saturated rings. The van der Waals surface area contributed by atoms with Crippen molar-refractivity contribution in [3.8, 4) is 6.07 Å². The molecule has 2 heterocycles. The Kier molecular flexibility index (Phi) is 3.79. The smallest absolute Gasteiger partial charge is 0.130 e. The van der Waals surface area contributed by atoms with Gasteiger partial charge in [0.05, 0.1) is 11.1 Å². The van der Waals surface area contributed by atoms with Crippen LogP contribution in [0.4, 0.5) is 0 Å². The van der Waals surface area contributed by atoms with Crippen molar-refractivity contribution in [2.24, 2.45) is 0 Å². The predicted molar refractivity (Wildman–Crippen MR) is 80.7 cm³/mol. The highest BCUT2D eigenvalue weighted by atomic mass is 35.5. The molecule has 0 radical (unpaired) electrons. The van der Waals surface area contributed by atoms with Crippen LogP contribution < -0.4 is 5.01 Å². The van der Waals surface area contributed by atoms with Gasteiger partial charge in [0.25, 0.3) is 0 Å². The van der Waals surface area contributed by atoms with E-state index in [1.165, 1.54) is 19.3 Å². The number of imidazole rings is 1. The van der Waals surface area contributed by atoms with Crippen LogP contribution in [0, 0.1) is 11.3 Å². The Balaban J connectivity index is 2.16. The van der Waals surface area contributed by atoms with Crippen molar-refractivity contribution < 1.29 is 0 Å². The van der Waals surface area contributed by atoms with Gasteiger partial charge in [0.1, 0.15) is 17.4 Å². The van der Waals surface area contributed by atoms with Crippen LogP contribution in [0.2, 0.25) is 0 Å². The molecular weight excluding hydrogens is 272 g/mol. The van der Waals surface area contributed by atoms with Gasteiger partial charge in [-0.1, -0.05) is 6.07 Å². The topological polar surface area (TPSA) is 44.9 Å². The minimum atomic E-state index is 0.541. The summed E-state index contributed by atoms with van der Waals surface area (Å²) in [5, 5.41) is 11.6. The first-order chi connectivity index (χ1) is 9.85. The molecule has 2 aromatic rings. The standard InChI is InChI=1S/C15H17ClN4/c16-8-7-14-18-15-12(11-17)5-4-6-13(15)20(14)19-9-2-1-3-10-19/h4-6H,1-3,7-10H2. The molecule has 4 nitrogen and oxygen atoms in total. The number of fused-ring (bicyclic) bond motifs is 1. The molecule has 1 aliphatic heterocycles. The Morgan fingerprint density at radius 3 is 2.75 bits per heavy atom. The summed E-state index contributed by atoms with van der Waals surface area (Å²) < 4.78 is 2.18. The fourth-order valence-corrected chi connectivity index (χ4v) is 3.03. The fourth-order valence-electron chi connectivity index (χ4n) is 2.86. The van der Waals surface area contributed by atoms with Gasteiger partial charge in [0.15, 0.2) is 0 Å². The van der Waals surface area contributed by atoms with Gasteiger partial charge in [-0.15, -0.1) is 11.6 Å². The van der Waals surface area contributed by atoms with Crippen LogP contribution in [-0.2, 0) is 6.42 Å². The zero-order valence-electron chi connectivity index (χ0n) is 11.3. The molecule has 0 N–H and O–H groups in total. The van der Waals surface area contributed by atoms with Crippen LogP contribution >= 0.6 is 11.6 Å². The Hall–Kier alpha value is -1.73. The highest BCUT2D eigenvalue weighted by molar-refractivity contribution is 6.17. The second-order valence-corrected chi connectivity index (χ2v) is 5.46. The number of piperidine rings is 1. The predicted octanol–water partition coefficient (Wildman–Crippen LogP) is 2.81. The Morgan fingerprint density at radius 1 is 1.25 bits per heavy atom. The van der Waals surface area contributed by atoms with E-state index in [1.807, 2.05) is 18.2 Å². The molecule has 0 saturated carbocycles. The van der Waals surface area contributed by atoms with Gasteiger partial charge in [-0.3, -0.25) is 0 Å². The summed E-state index contributed by atoms with van der Waals surface area (Å²) >= 11 is 5.91. The molecule has 0 spiro atoms. The third-order valence-electron chi connectivity index (χ3n) is 3.78. The summed E-state index contributed by atoms with van der Waals surface area (Å²) in [5.74, 6) is 1.50. The molecule has 0 unspecified atom stereocenters. The number of alkyl halides is 1. The molecule has 1 aromatic heterocycles. The van der Waals surface area contributed by atoms with Crippen LogP contribution in [0.3, 0.4) is 0 Å². The maximum atomic E-state index is 9.24. The monoisotopic (exact) mass is 288 g/mol. The first-order valence-electron chi connectivity index (χ1n) is 7.07. The molecule has 104 valence electrons. The van der Waals surface area contributed by atoms with E-state index in [4.69, 9.17) is 11.6 Å². The summed E-state index contributed by atoms with van der Waals surface area (Å²) in [6, 6.07) is 8.01. The normalized spacial score (nSPS) is 15.5. The molecule has 20 heavy (non-hydrogen) atoms. The average molecular weight is 289 g/mol. The van der Waals surface area contributed by atoms with E-state index in [9.17, 15) is 5.26 Å². The molecule has 3 rings (SSSR count). The van der Waals surface area contributed by atoms with E-state index in [0.717, 1.165) is 36.4 Å². The second kappa shape index (κ2) is 5.72. The highest BCUT2D eigenvalue weighted by Crippen LogP contribution is 2.22. The first kappa shape index (κ1) is 13.3. The summed E-state index contributed by atoms with van der Waals surface area (Å²) in [6.45, 7) is 2.08. The molecule has 0 bridgehead atoms. The first-order valence-corrected chi connectivity index (χ1v) is 7.60. The average Bonchev–Trinajstić information content (AvgIpc) is 2.86. The SMILES string of the molecule is N#Cc1cccc2c1nc(CCCl)n2N1CCCCC1. The maximum Gasteiger partial charge on any atom is 0.130 e. The van der Waals surface area contributed by atoms with Gasteiger partial charge in [0, 0.05) is 25.4 Å². The number of aryl methyl sites for hydroxylation is 1. The Bertz CT molecular complexity index is 650. The van der Waals surface area contributed by atoms with Crippen LogP contribution in [0.1, 0.15) is 30.7 Å². The maximum absolute atomic E-state index is 9.24. The van der Waals surface area contributed by atoms with Crippen LogP contribution in [0.15, 0.2) is 18.2 Å². The summed E-state index contributed by atoms with van der Waals surface area (Å²) in [4.78, 5) is 4.66. The van der Waals surface area contributed by atoms with Gasteiger partial charge in [-0.05, 0) is 31.4 Å². The number of nitrogens with zero attached hydrogens (tertiary/aromatic N) is 4. The largest absolute Gasteiger partial charge is 0.311 e. The molecule has 1 aliphatic rings.